The van der Waals surface area contributed by atoms with Gasteiger partial charge in [-0.25, -0.2) is 0 Å². The number of hydrogen-bond donors (Lipinski definition) is 2. The summed E-state index contributed by atoms with van der Waals surface area (Å²) in [4.78, 5) is 25.2. The quantitative estimate of drug-likeness (QED) is 0.0289. The first-order chi connectivity index (χ1) is 25.0. The van der Waals surface area contributed by atoms with E-state index in [1.54, 1.807) is 6.08 Å². The Hall–Kier alpha value is -2.06. The van der Waals surface area contributed by atoms with Crippen LogP contribution < -0.4 is 10.2 Å². The first-order valence-corrected chi connectivity index (χ1v) is 21.8. The number of carbonyl (C=O) groups is 1. The van der Waals surface area contributed by atoms with Crippen LogP contribution in [-0.2, 0) is 18.4 Å². The van der Waals surface area contributed by atoms with Gasteiger partial charge in [-0.1, -0.05) is 132 Å². The molecule has 0 aliphatic carbocycles. The van der Waals surface area contributed by atoms with E-state index in [0.29, 0.717) is 17.4 Å². The second kappa shape index (κ2) is 34.7. The molecule has 2 N–H and O–H groups in total. The zero-order valence-electron chi connectivity index (χ0n) is 33.7. The van der Waals surface area contributed by atoms with E-state index in [1.165, 1.54) is 38.5 Å². The van der Waals surface area contributed by atoms with Crippen LogP contribution in [0.3, 0.4) is 0 Å². The lowest BCUT2D eigenvalue weighted by atomic mass is 10.1. The number of nitrogens with zero attached hydrogens (tertiary/aromatic N) is 1. The van der Waals surface area contributed by atoms with Crippen molar-refractivity contribution in [2.24, 2.45) is 0 Å². The van der Waals surface area contributed by atoms with Gasteiger partial charge >= 0.3 is 0 Å². The number of phosphoric acid groups is 1. The average Bonchev–Trinajstić information content (AvgIpc) is 3.09. The maximum atomic E-state index is 12.8. The van der Waals surface area contributed by atoms with Crippen molar-refractivity contribution in [1.82, 2.24) is 5.32 Å². The Morgan fingerprint density at radius 2 is 1.19 bits per heavy atom. The molecule has 1 amide bonds. The summed E-state index contributed by atoms with van der Waals surface area (Å²) in [7, 11) is 1.21. The summed E-state index contributed by atoms with van der Waals surface area (Å²) in [5, 5.41) is 13.7. The Labute approximate surface area is 319 Å². The minimum atomic E-state index is -4.60. The Morgan fingerprint density at radius 3 is 1.79 bits per heavy atom. The molecule has 0 heterocycles. The van der Waals surface area contributed by atoms with Crippen LogP contribution in [0.25, 0.3) is 0 Å². The molecule has 0 aromatic rings. The molecule has 3 unspecified atom stereocenters. The number of aliphatic hydroxyl groups is 1. The molecule has 8 nitrogen and oxygen atoms in total. The lowest BCUT2D eigenvalue weighted by molar-refractivity contribution is -0.870. The molecule has 0 aliphatic heterocycles. The van der Waals surface area contributed by atoms with Crippen LogP contribution in [0.1, 0.15) is 142 Å². The van der Waals surface area contributed by atoms with Crippen molar-refractivity contribution >= 4 is 13.7 Å². The zero-order valence-corrected chi connectivity index (χ0v) is 34.6. The fourth-order valence-electron chi connectivity index (χ4n) is 5.14. The monoisotopic (exact) mass is 749 g/mol. The molecule has 0 aliphatic rings. The number of allylic oxidation sites excluding steroid dienone is 11. The molecule has 0 rings (SSSR count). The highest BCUT2D eigenvalue weighted by Gasteiger charge is 2.23. The number of amides is 1. The Kier molecular flexibility index (Phi) is 33.3. The lowest BCUT2D eigenvalue weighted by Gasteiger charge is -2.29. The van der Waals surface area contributed by atoms with Gasteiger partial charge in [0, 0.05) is 6.42 Å². The van der Waals surface area contributed by atoms with Crippen molar-refractivity contribution in [2.75, 3.05) is 40.9 Å². The number of rotatable bonds is 35. The van der Waals surface area contributed by atoms with Gasteiger partial charge in [-0.05, 0) is 77.0 Å². The molecule has 0 bridgehead atoms. The van der Waals surface area contributed by atoms with Crippen LogP contribution in [0, 0.1) is 0 Å². The van der Waals surface area contributed by atoms with Gasteiger partial charge in [-0.2, -0.15) is 0 Å². The van der Waals surface area contributed by atoms with Gasteiger partial charge in [0.05, 0.1) is 39.9 Å². The van der Waals surface area contributed by atoms with Gasteiger partial charge in [-0.3, -0.25) is 9.36 Å². The third kappa shape index (κ3) is 36.3. The molecule has 0 radical (unpaired) electrons. The molecule has 0 saturated carbocycles. The average molecular weight is 749 g/mol. The Balaban J connectivity index is 4.57. The number of aliphatic hydroxyl groups excluding tert-OH is 1. The summed E-state index contributed by atoms with van der Waals surface area (Å²) in [5.41, 5.74) is 0. The van der Waals surface area contributed by atoms with Crippen LogP contribution in [0.4, 0.5) is 0 Å². The molecule has 0 aromatic heterocycles. The number of quaternary nitrogens is 1. The third-order valence-corrected chi connectivity index (χ3v) is 9.34. The standard InChI is InChI=1S/C43H77N2O6P/c1-6-8-10-12-14-16-18-20-21-22-23-25-27-29-31-33-35-37-43(47)44-41(40-51-52(48,49)50-39-38-45(3,4)5)42(46)36-34-32-30-28-26-24-19-17-15-13-11-9-7-2/h8,10,14-17,20-21,26,28,34,36,41-42,46H,6-7,9,11-13,18-19,22-25,27,29-33,35,37-40H2,1-5H3,(H-,44,47,48,49)/b10-8-,16-14-,17-15+,21-20-,28-26+,36-34+. The molecule has 0 aromatic carbocycles. The summed E-state index contributed by atoms with van der Waals surface area (Å²) in [6, 6.07) is -0.916. The highest BCUT2D eigenvalue weighted by Crippen LogP contribution is 2.38. The third-order valence-electron chi connectivity index (χ3n) is 8.38. The smallest absolute Gasteiger partial charge is 0.268 e. The summed E-state index contributed by atoms with van der Waals surface area (Å²) in [6.07, 6.45) is 45.2. The van der Waals surface area contributed by atoms with Crippen molar-refractivity contribution in [3.05, 3.63) is 72.9 Å². The first-order valence-electron chi connectivity index (χ1n) is 20.3. The van der Waals surface area contributed by atoms with Gasteiger partial charge in [0.15, 0.2) is 0 Å². The van der Waals surface area contributed by atoms with E-state index in [1.807, 2.05) is 27.2 Å². The fourth-order valence-corrected chi connectivity index (χ4v) is 5.86. The van der Waals surface area contributed by atoms with Crippen LogP contribution in [0.2, 0.25) is 0 Å². The fraction of sp³-hybridized carbons (Fsp3) is 0.698. The topological polar surface area (TPSA) is 108 Å². The second-order valence-corrected chi connectivity index (χ2v) is 16.0. The minimum Gasteiger partial charge on any atom is -0.756 e. The van der Waals surface area contributed by atoms with Crippen molar-refractivity contribution in [2.45, 2.75) is 154 Å². The molecule has 3 atom stereocenters. The first kappa shape index (κ1) is 49.9. The molecule has 0 saturated heterocycles. The Bertz CT molecular complexity index is 1080. The number of carbonyl (C=O) groups excluding carboxylic acids is 1. The second-order valence-electron chi connectivity index (χ2n) is 14.6. The molecule has 0 spiro atoms. The van der Waals surface area contributed by atoms with Gasteiger partial charge in [0.25, 0.3) is 7.82 Å². The van der Waals surface area contributed by atoms with Crippen LogP contribution in [-0.4, -0.2) is 68.5 Å². The molecule has 300 valence electrons. The van der Waals surface area contributed by atoms with Crippen molar-refractivity contribution in [3.63, 3.8) is 0 Å². The van der Waals surface area contributed by atoms with Crippen molar-refractivity contribution in [1.29, 1.82) is 0 Å². The molecule has 0 fully saturated rings. The van der Waals surface area contributed by atoms with Crippen LogP contribution >= 0.6 is 7.82 Å². The summed E-state index contributed by atoms with van der Waals surface area (Å²) in [6.45, 7) is 4.43. The minimum absolute atomic E-state index is 0.0149. The molecule has 52 heavy (non-hydrogen) atoms. The number of likely N-dealkylation sites (N-methyl/N-ethyl adjacent to an activating group) is 1. The van der Waals surface area contributed by atoms with Crippen molar-refractivity contribution < 1.29 is 32.9 Å². The van der Waals surface area contributed by atoms with Gasteiger partial charge in [-0.15, -0.1) is 0 Å². The van der Waals surface area contributed by atoms with E-state index >= 15 is 0 Å². The van der Waals surface area contributed by atoms with Crippen molar-refractivity contribution in [3.8, 4) is 0 Å². The van der Waals surface area contributed by atoms with Crippen LogP contribution in [0.5, 0.6) is 0 Å². The number of nitrogens with one attached hydrogen (secondary N) is 1. The van der Waals surface area contributed by atoms with E-state index in [2.05, 4.69) is 79.9 Å². The largest absolute Gasteiger partial charge is 0.756 e. The van der Waals surface area contributed by atoms with Gasteiger partial charge < -0.3 is 28.8 Å². The number of unbranched alkanes of at least 4 members (excludes halogenated alkanes) is 12. The molecular formula is C43H77N2O6P. The van der Waals surface area contributed by atoms with E-state index in [-0.39, 0.29) is 12.5 Å². The number of hydrogen-bond acceptors (Lipinski definition) is 6. The highest BCUT2D eigenvalue weighted by atomic mass is 31.2. The van der Waals surface area contributed by atoms with E-state index in [0.717, 1.165) is 83.5 Å². The molecule has 9 heteroatoms. The maximum Gasteiger partial charge on any atom is 0.268 e. The summed E-state index contributed by atoms with van der Waals surface area (Å²) >= 11 is 0. The highest BCUT2D eigenvalue weighted by molar-refractivity contribution is 7.45. The zero-order chi connectivity index (χ0) is 38.6. The van der Waals surface area contributed by atoms with Crippen LogP contribution in [0.15, 0.2) is 72.9 Å². The van der Waals surface area contributed by atoms with E-state index < -0.39 is 26.6 Å². The van der Waals surface area contributed by atoms with Gasteiger partial charge in [0.1, 0.15) is 13.2 Å². The number of phosphoric ester groups is 1. The predicted molar refractivity (Wildman–Crippen MR) is 219 cm³/mol. The van der Waals surface area contributed by atoms with Gasteiger partial charge in [0.2, 0.25) is 5.91 Å². The summed E-state index contributed by atoms with van der Waals surface area (Å²) < 4.78 is 23.1. The SMILES string of the molecule is CC/C=C\C/C=C\C/C=C\CCCCCCCCCC(=O)NC(COP(=O)([O-])OCC[N+](C)(C)C)C(O)/C=C/CC/C=C/CC/C=C/CCCCC. The maximum absolute atomic E-state index is 12.8. The lowest BCUT2D eigenvalue weighted by Crippen LogP contribution is -2.45. The molecular weight excluding hydrogens is 671 g/mol. The predicted octanol–water partition coefficient (Wildman–Crippen LogP) is 10.2. The normalized spacial score (nSPS) is 15.3. The Morgan fingerprint density at radius 1 is 0.692 bits per heavy atom. The van der Waals surface area contributed by atoms with E-state index in [9.17, 15) is 19.4 Å². The van der Waals surface area contributed by atoms with E-state index in [4.69, 9.17) is 9.05 Å². The summed E-state index contributed by atoms with van der Waals surface area (Å²) in [5.74, 6) is -0.228.